The van der Waals surface area contributed by atoms with Gasteiger partial charge in [0.25, 0.3) is 0 Å². The van der Waals surface area contributed by atoms with E-state index in [4.69, 9.17) is 0 Å². The zero-order valence-corrected chi connectivity index (χ0v) is 9.00. The molecule has 4 nitrogen and oxygen atoms in total. The third-order valence-corrected chi connectivity index (χ3v) is 3.21. The van der Waals surface area contributed by atoms with Crippen LogP contribution in [0.25, 0.3) is 5.65 Å². The maximum Gasteiger partial charge on any atom is 0.138 e. The van der Waals surface area contributed by atoms with Gasteiger partial charge in [-0.15, -0.1) is 0 Å². The van der Waals surface area contributed by atoms with Gasteiger partial charge >= 0.3 is 0 Å². The van der Waals surface area contributed by atoms with Crippen LogP contribution in [-0.2, 0) is 0 Å². The number of hydrogen-bond acceptors (Lipinski definition) is 3. The Kier molecular flexibility index (Phi) is 2.29. The van der Waals surface area contributed by atoms with Crippen molar-refractivity contribution in [3.63, 3.8) is 0 Å². The minimum atomic E-state index is -0.0733. The van der Waals surface area contributed by atoms with Crippen LogP contribution in [0, 0.1) is 5.92 Å². The van der Waals surface area contributed by atoms with Crippen LogP contribution < -0.4 is 5.32 Å². The van der Waals surface area contributed by atoms with Gasteiger partial charge in [-0.3, -0.25) is 4.40 Å². The zero-order chi connectivity index (χ0) is 11.0. The topological polar surface area (TPSA) is 49.6 Å². The number of fused-ring (bicyclic) bond motifs is 1. The first-order chi connectivity index (χ1) is 7.83. The number of nitrogens with zero attached hydrogens (tertiary/aromatic N) is 2. The number of aromatic nitrogens is 2. The fourth-order valence-electron chi connectivity index (χ4n) is 2.21. The number of nitrogens with one attached hydrogen (secondary N) is 1. The summed E-state index contributed by atoms with van der Waals surface area (Å²) in [6, 6.07) is 6.03. The third-order valence-electron chi connectivity index (χ3n) is 3.21. The van der Waals surface area contributed by atoms with Crippen LogP contribution in [0.1, 0.15) is 12.8 Å². The van der Waals surface area contributed by atoms with Crippen molar-refractivity contribution in [1.82, 2.24) is 9.38 Å². The van der Waals surface area contributed by atoms with Crippen LogP contribution >= 0.6 is 0 Å². The Hall–Kier alpha value is -1.55. The van der Waals surface area contributed by atoms with Crippen LogP contribution in [0.5, 0.6) is 0 Å². The lowest BCUT2D eigenvalue weighted by atomic mass is 9.82. The summed E-state index contributed by atoms with van der Waals surface area (Å²) in [6.45, 7) is 0.925. The van der Waals surface area contributed by atoms with E-state index in [0.29, 0.717) is 5.92 Å². The molecule has 0 aliphatic heterocycles. The van der Waals surface area contributed by atoms with E-state index in [2.05, 4.69) is 10.3 Å². The van der Waals surface area contributed by atoms with Crippen LogP contribution in [0.4, 0.5) is 5.82 Å². The van der Waals surface area contributed by atoms with Crippen LogP contribution in [0.2, 0.25) is 0 Å². The molecule has 2 aromatic heterocycles. The zero-order valence-electron chi connectivity index (χ0n) is 9.00. The Morgan fingerprint density at radius 1 is 1.44 bits per heavy atom. The number of rotatable bonds is 3. The third kappa shape index (κ3) is 1.65. The van der Waals surface area contributed by atoms with Crippen molar-refractivity contribution >= 4 is 11.5 Å². The molecule has 0 unspecified atom stereocenters. The molecule has 84 valence electrons. The SMILES string of the molecule is OC1CC(CNc2cccc3nccn23)C1. The second-order valence-electron chi connectivity index (χ2n) is 4.44. The van der Waals surface area contributed by atoms with E-state index in [-0.39, 0.29) is 6.10 Å². The molecule has 0 bridgehead atoms. The first kappa shape index (κ1) is 9.66. The summed E-state index contributed by atoms with van der Waals surface area (Å²) in [7, 11) is 0. The average Bonchev–Trinajstić information content (AvgIpc) is 2.71. The molecule has 0 amide bonds. The number of anilines is 1. The molecule has 4 heteroatoms. The lowest BCUT2D eigenvalue weighted by molar-refractivity contribution is 0.0486. The van der Waals surface area contributed by atoms with Crippen molar-refractivity contribution in [2.24, 2.45) is 5.92 Å². The molecule has 0 saturated heterocycles. The number of aliphatic hydroxyl groups excluding tert-OH is 1. The molecule has 0 spiro atoms. The Morgan fingerprint density at radius 3 is 3.12 bits per heavy atom. The van der Waals surface area contributed by atoms with Gasteiger partial charge in [-0.2, -0.15) is 0 Å². The quantitative estimate of drug-likeness (QED) is 0.819. The highest BCUT2D eigenvalue weighted by Crippen LogP contribution is 2.27. The van der Waals surface area contributed by atoms with Gasteiger partial charge in [0.15, 0.2) is 0 Å². The fourth-order valence-corrected chi connectivity index (χ4v) is 2.21. The molecule has 0 atom stereocenters. The lowest BCUT2D eigenvalue weighted by Crippen LogP contribution is -2.33. The van der Waals surface area contributed by atoms with Crippen molar-refractivity contribution in [2.75, 3.05) is 11.9 Å². The molecule has 1 fully saturated rings. The monoisotopic (exact) mass is 217 g/mol. The summed E-state index contributed by atoms with van der Waals surface area (Å²) in [5.74, 6) is 1.67. The molecule has 2 aromatic rings. The van der Waals surface area contributed by atoms with Gasteiger partial charge in [0.05, 0.1) is 6.10 Å². The predicted octanol–water partition coefficient (Wildman–Crippen LogP) is 1.52. The van der Waals surface area contributed by atoms with Gasteiger partial charge in [-0.1, -0.05) is 6.07 Å². The van der Waals surface area contributed by atoms with E-state index in [9.17, 15) is 5.11 Å². The second-order valence-corrected chi connectivity index (χ2v) is 4.44. The average molecular weight is 217 g/mol. The first-order valence-corrected chi connectivity index (χ1v) is 5.67. The molecule has 1 aliphatic carbocycles. The molecular weight excluding hydrogens is 202 g/mol. The molecule has 2 N–H and O–H groups in total. The Morgan fingerprint density at radius 2 is 2.31 bits per heavy atom. The number of pyridine rings is 1. The van der Waals surface area contributed by atoms with E-state index in [0.717, 1.165) is 30.9 Å². The van der Waals surface area contributed by atoms with Gasteiger partial charge in [0.2, 0.25) is 0 Å². The highest BCUT2D eigenvalue weighted by Gasteiger charge is 2.26. The molecule has 16 heavy (non-hydrogen) atoms. The normalized spacial score (nSPS) is 24.3. The first-order valence-electron chi connectivity index (χ1n) is 5.67. The molecule has 2 heterocycles. The van der Waals surface area contributed by atoms with Gasteiger partial charge in [0, 0.05) is 18.9 Å². The predicted molar refractivity (Wildman–Crippen MR) is 62.4 cm³/mol. The minimum absolute atomic E-state index is 0.0733. The Labute approximate surface area is 93.9 Å². The largest absolute Gasteiger partial charge is 0.393 e. The van der Waals surface area contributed by atoms with Crippen LogP contribution in [0.3, 0.4) is 0 Å². The Bertz CT molecular complexity index is 488. The molecule has 0 aromatic carbocycles. The van der Waals surface area contributed by atoms with Crippen molar-refractivity contribution in [1.29, 1.82) is 0 Å². The number of aliphatic hydroxyl groups is 1. The summed E-state index contributed by atoms with van der Waals surface area (Å²) in [6.07, 6.45) is 5.52. The van der Waals surface area contributed by atoms with Gasteiger partial charge in [0.1, 0.15) is 11.5 Å². The molecule has 1 saturated carbocycles. The van der Waals surface area contributed by atoms with E-state index >= 15 is 0 Å². The summed E-state index contributed by atoms with van der Waals surface area (Å²) < 4.78 is 2.04. The molecule has 3 rings (SSSR count). The van der Waals surface area contributed by atoms with Gasteiger partial charge in [-0.05, 0) is 30.9 Å². The summed E-state index contributed by atoms with van der Waals surface area (Å²) in [5, 5.41) is 12.6. The number of hydrogen-bond donors (Lipinski definition) is 2. The molecular formula is C12H15N3O. The van der Waals surface area contributed by atoms with E-state index < -0.39 is 0 Å². The minimum Gasteiger partial charge on any atom is -0.393 e. The molecule has 0 radical (unpaired) electrons. The summed E-state index contributed by atoms with van der Waals surface area (Å²) >= 11 is 0. The Balaban J connectivity index is 1.71. The van der Waals surface area contributed by atoms with E-state index in [1.807, 2.05) is 28.8 Å². The van der Waals surface area contributed by atoms with Crippen molar-refractivity contribution in [3.8, 4) is 0 Å². The highest BCUT2D eigenvalue weighted by molar-refractivity contribution is 5.49. The van der Waals surface area contributed by atoms with Crippen molar-refractivity contribution in [3.05, 3.63) is 30.6 Å². The van der Waals surface area contributed by atoms with Crippen LogP contribution in [-0.4, -0.2) is 27.1 Å². The standard InChI is InChI=1S/C12H15N3O/c16-10-6-9(7-10)8-14-12-3-1-2-11-13-4-5-15(11)12/h1-5,9-10,14,16H,6-8H2. The van der Waals surface area contributed by atoms with Crippen LogP contribution in [0.15, 0.2) is 30.6 Å². The summed E-state index contributed by atoms with van der Waals surface area (Å²) in [5.41, 5.74) is 0.957. The lowest BCUT2D eigenvalue weighted by Gasteiger charge is -2.31. The smallest absolute Gasteiger partial charge is 0.138 e. The highest BCUT2D eigenvalue weighted by atomic mass is 16.3. The maximum absolute atomic E-state index is 9.21. The summed E-state index contributed by atoms with van der Waals surface area (Å²) in [4.78, 5) is 4.24. The second kappa shape index (κ2) is 3.79. The maximum atomic E-state index is 9.21. The van der Waals surface area contributed by atoms with Crippen molar-refractivity contribution in [2.45, 2.75) is 18.9 Å². The van der Waals surface area contributed by atoms with Gasteiger partial charge < -0.3 is 10.4 Å². The molecule has 1 aliphatic rings. The van der Waals surface area contributed by atoms with Gasteiger partial charge in [-0.25, -0.2) is 4.98 Å². The van der Waals surface area contributed by atoms with E-state index in [1.54, 1.807) is 6.20 Å². The number of imidazole rings is 1. The van der Waals surface area contributed by atoms with Crippen molar-refractivity contribution < 1.29 is 5.11 Å². The fraction of sp³-hybridized carbons (Fsp3) is 0.417. The van der Waals surface area contributed by atoms with E-state index in [1.165, 1.54) is 0 Å².